The van der Waals surface area contributed by atoms with Crippen LogP contribution < -0.4 is 19.5 Å². The number of H-pyrrole nitrogens is 2. The van der Waals surface area contributed by atoms with Crippen molar-refractivity contribution in [3.8, 4) is 40.0 Å². The van der Waals surface area contributed by atoms with Crippen molar-refractivity contribution in [3.63, 3.8) is 0 Å². The minimum Gasteiger partial charge on any atom is -0.496 e. The van der Waals surface area contributed by atoms with E-state index in [4.69, 9.17) is 24.2 Å². The molecule has 0 fully saturated rings. The second-order valence-corrected chi connectivity index (χ2v) is 10.9. The molecule has 5 rings (SSSR count). The number of ether oxygens (including phenoxy) is 3. The highest BCUT2D eigenvalue weighted by molar-refractivity contribution is 5.98. The molecule has 0 aliphatic heterocycles. The molecule has 0 saturated carbocycles. The SMILES string of the molecule is COc1cc(-c2nc3ccc(C(=O)NCCN(C)C)cc3[nH]2)c(OC)cc1-c1nc2ccc(OCCCN(C)C)cc2[nH]1. The van der Waals surface area contributed by atoms with E-state index in [-0.39, 0.29) is 5.91 Å². The molecule has 3 aromatic carbocycles. The maximum absolute atomic E-state index is 12.6. The maximum Gasteiger partial charge on any atom is 0.251 e. The van der Waals surface area contributed by atoms with Crippen molar-refractivity contribution in [2.24, 2.45) is 0 Å². The normalized spacial score (nSPS) is 11.5. The van der Waals surface area contributed by atoms with Crippen molar-refractivity contribution in [1.82, 2.24) is 35.1 Å². The molecule has 5 aromatic rings. The minimum absolute atomic E-state index is 0.127. The van der Waals surface area contributed by atoms with E-state index in [1.165, 1.54) is 0 Å². The van der Waals surface area contributed by atoms with E-state index in [1.807, 2.05) is 61.5 Å². The number of imidazole rings is 2. The van der Waals surface area contributed by atoms with Gasteiger partial charge in [0, 0.05) is 31.3 Å². The summed E-state index contributed by atoms with van der Waals surface area (Å²) >= 11 is 0. The summed E-state index contributed by atoms with van der Waals surface area (Å²) in [6, 6.07) is 15.0. The number of rotatable bonds is 13. The van der Waals surface area contributed by atoms with Crippen LogP contribution in [0, 0.1) is 0 Å². The molecule has 0 aliphatic carbocycles. The highest BCUT2D eigenvalue weighted by Crippen LogP contribution is 2.40. The Hall–Kier alpha value is -4.61. The van der Waals surface area contributed by atoms with Gasteiger partial charge >= 0.3 is 0 Å². The number of nitrogens with zero attached hydrogens (tertiary/aromatic N) is 4. The number of carbonyl (C=O) groups excluding carboxylic acids is 1. The molecule has 0 bridgehead atoms. The number of nitrogens with one attached hydrogen (secondary N) is 3. The van der Waals surface area contributed by atoms with Crippen LogP contribution in [0.25, 0.3) is 44.8 Å². The standard InChI is InChI=1S/C32H39N7O4/c1-38(2)13-7-15-43-21-9-11-25-27(17-21)37-31(35-25)23-19-28(41-5)22(18-29(23)42-6)30-34-24-10-8-20(16-26(24)36-30)32(40)33-12-14-39(3)4/h8-11,16-19H,7,12-15H2,1-6H3,(H,33,40)(H,34,36)(H,35,37). The maximum atomic E-state index is 12.6. The molecule has 0 saturated heterocycles. The average molecular weight is 586 g/mol. The smallest absolute Gasteiger partial charge is 0.251 e. The molecule has 1 amide bonds. The first-order valence-electron chi connectivity index (χ1n) is 14.2. The predicted molar refractivity (Wildman–Crippen MR) is 169 cm³/mol. The molecule has 2 heterocycles. The number of hydrogen-bond donors (Lipinski definition) is 3. The number of hydrogen-bond acceptors (Lipinski definition) is 8. The lowest BCUT2D eigenvalue weighted by Gasteiger charge is -2.12. The molecule has 11 heteroatoms. The van der Waals surface area contributed by atoms with Crippen LogP contribution in [0.15, 0.2) is 48.5 Å². The molecule has 3 N–H and O–H groups in total. The predicted octanol–water partition coefficient (Wildman–Crippen LogP) is 4.41. The Morgan fingerprint density at radius 2 is 1.37 bits per heavy atom. The van der Waals surface area contributed by atoms with Crippen LogP contribution in [-0.2, 0) is 0 Å². The number of amides is 1. The van der Waals surface area contributed by atoms with E-state index in [9.17, 15) is 4.79 Å². The Morgan fingerprint density at radius 1 is 0.791 bits per heavy atom. The fraction of sp³-hybridized carbons (Fsp3) is 0.344. The van der Waals surface area contributed by atoms with Crippen LogP contribution in [0.2, 0.25) is 0 Å². The summed E-state index contributed by atoms with van der Waals surface area (Å²) in [5.41, 5.74) is 5.21. The van der Waals surface area contributed by atoms with Gasteiger partial charge in [-0.1, -0.05) is 0 Å². The molecular weight excluding hydrogens is 546 g/mol. The Morgan fingerprint density at radius 3 is 1.95 bits per heavy atom. The van der Waals surface area contributed by atoms with Crippen molar-refractivity contribution >= 4 is 28.0 Å². The first kappa shape index (κ1) is 29.9. The third-order valence-electron chi connectivity index (χ3n) is 7.09. The van der Waals surface area contributed by atoms with E-state index < -0.39 is 0 Å². The highest BCUT2D eigenvalue weighted by atomic mass is 16.5. The van der Waals surface area contributed by atoms with Crippen molar-refractivity contribution in [1.29, 1.82) is 0 Å². The zero-order valence-corrected chi connectivity index (χ0v) is 25.6. The van der Waals surface area contributed by atoms with E-state index >= 15 is 0 Å². The van der Waals surface area contributed by atoms with Crippen LogP contribution in [0.5, 0.6) is 17.2 Å². The van der Waals surface area contributed by atoms with Crippen LogP contribution in [-0.4, -0.2) is 104 Å². The quantitative estimate of drug-likeness (QED) is 0.174. The molecule has 0 radical (unpaired) electrons. The van der Waals surface area contributed by atoms with E-state index in [1.54, 1.807) is 20.3 Å². The van der Waals surface area contributed by atoms with Crippen LogP contribution in [0.1, 0.15) is 16.8 Å². The Bertz CT molecular complexity index is 1720. The fourth-order valence-corrected chi connectivity index (χ4v) is 4.82. The van der Waals surface area contributed by atoms with Crippen LogP contribution in [0.3, 0.4) is 0 Å². The van der Waals surface area contributed by atoms with E-state index in [0.717, 1.165) is 58.5 Å². The molecule has 226 valence electrons. The largest absolute Gasteiger partial charge is 0.496 e. The number of fused-ring (bicyclic) bond motifs is 2. The zero-order valence-electron chi connectivity index (χ0n) is 25.6. The Labute approximate surface area is 251 Å². The molecule has 0 spiro atoms. The van der Waals surface area contributed by atoms with Crippen LogP contribution in [0.4, 0.5) is 0 Å². The number of carbonyl (C=O) groups is 1. The summed E-state index contributed by atoms with van der Waals surface area (Å²) in [4.78, 5) is 33.1. The zero-order chi connectivity index (χ0) is 30.5. The number of aromatic amines is 2. The molecule has 0 aliphatic rings. The molecule has 0 unspecified atom stereocenters. The number of likely N-dealkylation sites (N-methyl/N-ethyl adjacent to an activating group) is 1. The average Bonchev–Trinajstić information content (AvgIpc) is 3.61. The lowest BCUT2D eigenvalue weighted by Crippen LogP contribution is -2.31. The monoisotopic (exact) mass is 585 g/mol. The molecule has 0 atom stereocenters. The second-order valence-electron chi connectivity index (χ2n) is 10.9. The molecule has 11 nitrogen and oxygen atoms in total. The van der Waals surface area contributed by atoms with Crippen molar-refractivity contribution in [2.45, 2.75) is 6.42 Å². The summed E-state index contributed by atoms with van der Waals surface area (Å²) in [7, 11) is 11.3. The highest BCUT2D eigenvalue weighted by Gasteiger charge is 2.20. The lowest BCUT2D eigenvalue weighted by atomic mass is 10.1. The number of benzene rings is 3. The third-order valence-corrected chi connectivity index (χ3v) is 7.09. The summed E-state index contributed by atoms with van der Waals surface area (Å²) in [6.45, 7) is 2.95. The summed E-state index contributed by atoms with van der Waals surface area (Å²) < 4.78 is 17.5. The van der Waals surface area contributed by atoms with Gasteiger partial charge in [0.05, 0.1) is 54.0 Å². The topological polar surface area (TPSA) is 121 Å². The summed E-state index contributed by atoms with van der Waals surface area (Å²) in [5, 5.41) is 2.95. The van der Waals surface area contributed by atoms with Gasteiger partial charge in [-0.3, -0.25) is 4.79 Å². The van der Waals surface area contributed by atoms with Gasteiger partial charge in [0.15, 0.2) is 0 Å². The van der Waals surface area contributed by atoms with Gasteiger partial charge in [0.25, 0.3) is 5.91 Å². The Balaban J connectivity index is 1.41. The van der Waals surface area contributed by atoms with Crippen LogP contribution >= 0.6 is 0 Å². The van der Waals surface area contributed by atoms with Gasteiger partial charge in [0.2, 0.25) is 0 Å². The second kappa shape index (κ2) is 13.1. The van der Waals surface area contributed by atoms with Gasteiger partial charge in [-0.2, -0.15) is 0 Å². The van der Waals surface area contributed by atoms with Gasteiger partial charge in [-0.25, -0.2) is 9.97 Å². The first-order valence-corrected chi connectivity index (χ1v) is 14.2. The molecular formula is C32H39N7O4. The molecule has 43 heavy (non-hydrogen) atoms. The third kappa shape index (κ3) is 6.90. The fourth-order valence-electron chi connectivity index (χ4n) is 4.82. The number of methoxy groups -OCH3 is 2. The molecule has 2 aromatic heterocycles. The van der Waals surface area contributed by atoms with Crippen molar-refractivity contribution in [3.05, 3.63) is 54.1 Å². The summed E-state index contributed by atoms with van der Waals surface area (Å²) in [6.07, 6.45) is 0.946. The summed E-state index contributed by atoms with van der Waals surface area (Å²) in [5.74, 6) is 3.12. The van der Waals surface area contributed by atoms with Gasteiger partial charge in [-0.05, 0) is 77.1 Å². The van der Waals surface area contributed by atoms with Crippen molar-refractivity contribution in [2.75, 3.05) is 68.7 Å². The minimum atomic E-state index is -0.127. The number of aromatic nitrogens is 4. The van der Waals surface area contributed by atoms with E-state index in [2.05, 4.69) is 34.3 Å². The van der Waals surface area contributed by atoms with Gasteiger partial charge < -0.3 is 39.3 Å². The van der Waals surface area contributed by atoms with Gasteiger partial charge in [0.1, 0.15) is 28.9 Å². The Kier molecular flexibility index (Phi) is 9.13. The lowest BCUT2D eigenvalue weighted by molar-refractivity contribution is 0.0951. The van der Waals surface area contributed by atoms with E-state index in [0.29, 0.717) is 41.9 Å². The first-order chi connectivity index (χ1) is 20.7. The van der Waals surface area contributed by atoms with Gasteiger partial charge in [-0.15, -0.1) is 0 Å². The van der Waals surface area contributed by atoms with Crippen molar-refractivity contribution < 1.29 is 19.0 Å².